The first-order valence-corrected chi connectivity index (χ1v) is 11.1. The lowest BCUT2D eigenvalue weighted by atomic mass is 10.1. The van der Waals surface area contributed by atoms with E-state index in [4.69, 9.17) is 0 Å². The molecule has 6 heteroatoms. The highest BCUT2D eigenvalue weighted by Gasteiger charge is 2.11. The number of pyridine rings is 1. The van der Waals surface area contributed by atoms with Gasteiger partial charge in [0.25, 0.3) is 0 Å². The van der Waals surface area contributed by atoms with Crippen molar-refractivity contribution >= 4 is 23.4 Å². The molecule has 5 nitrogen and oxygen atoms in total. The molecule has 0 saturated carbocycles. The van der Waals surface area contributed by atoms with Gasteiger partial charge in [0.05, 0.1) is 6.33 Å². The van der Waals surface area contributed by atoms with Gasteiger partial charge < -0.3 is 9.88 Å². The Bertz CT molecular complexity index is 850. The normalized spacial score (nSPS) is 11.9. The highest BCUT2D eigenvalue weighted by atomic mass is 32.2. The van der Waals surface area contributed by atoms with Gasteiger partial charge in [-0.15, -0.1) is 0 Å². The maximum Gasteiger partial charge on any atom is 0.221 e. The summed E-state index contributed by atoms with van der Waals surface area (Å²) in [5.74, 6) is 1.09. The van der Waals surface area contributed by atoms with Crippen LogP contribution in [0.4, 0.5) is 5.69 Å². The Morgan fingerprint density at radius 1 is 1.03 bits per heavy atom. The second-order valence-corrected chi connectivity index (χ2v) is 8.54. The van der Waals surface area contributed by atoms with Gasteiger partial charge in [0.15, 0.2) is 0 Å². The smallest absolute Gasteiger partial charge is 0.221 e. The average Bonchev–Trinajstić information content (AvgIpc) is 3.24. The fraction of sp³-hybridized carbons (Fsp3) is 0.348. The Hall–Kier alpha value is -2.60. The van der Waals surface area contributed by atoms with E-state index in [-0.39, 0.29) is 5.91 Å². The van der Waals surface area contributed by atoms with Crippen molar-refractivity contribution in [1.82, 2.24) is 14.5 Å². The van der Waals surface area contributed by atoms with Crippen LogP contribution in [0.5, 0.6) is 0 Å². The van der Waals surface area contributed by atoms with Gasteiger partial charge in [0.1, 0.15) is 0 Å². The molecule has 2 aromatic heterocycles. The summed E-state index contributed by atoms with van der Waals surface area (Å²) in [6.07, 6.45) is 13.9. The van der Waals surface area contributed by atoms with Gasteiger partial charge in [0, 0.05) is 49.2 Å². The number of imidazole rings is 1. The molecular weight excluding hydrogens is 380 g/mol. The van der Waals surface area contributed by atoms with Gasteiger partial charge in [0.2, 0.25) is 5.91 Å². The highest BCUT2D eigenvalue weighted by molar-refractivity contribution is 7.99. The van der Waals surface area contributed by atoms with Gasteiger partial charge in [-0.2, -0.15) is 11.8 Å². The van der Waals surface area contributed by atoms with E-state index in [0.29, 0.717) is 5.25 Å². The van der Waals surface area contributed by atoms with Crippen molar-refractivity contribution in [1.29, 1.82) is 0 Å². The van der Waals surface area contributed by atoms with E-state index in [1.54, 1.807) is 0 Å². The summed E-state index contributed by atoms with van der Waals surface area (Å²) >= 11 is 2.05. The molecule has 1 amide bonds. The minimum absolute atomic E-state index is 0.0372. The van der Waals surface area contributed by atoms with E-state index in [1.165, 1.54) is 18.1 Å². The maximum atomic E-state index is 11.1. The Kier molecular flexibility index (Phi) is 8.31. The number of benzene rings is 1. The van der Waals surface area contributed by atoms with Crippen molar-refractivity contribution in [2.24, 2.45) is 0 Å². The topological polar surface area (TPSA) is 59.8 Å². The predicted octanol–water partition coefficient (Wildman–Crippen LogP) is 4.60. The number of rotatable bonds is 11. The second-order valence-electron chi connectivity index (χ2n) is 7.13. The highest BCUT2D eigenvalue weighted by Crippen LogP contribution is 2.21. The van der Waals surface area contributed by atoms with Gasteiger partial charge in [-0.1, -0.05) is 12.1 Å². The number of aryl methyl sites for hydroxylation is 2. The summed E-state index contributed by atoms with van der Waals surface area (Å²) in [6.45, 7) is 2.52. The van der Waals surface area contributed by atoms with Crippen molar-refractivity contribution in [3.63, 3.8) is 0 Å². The number of carbonyl (C=O) groups excluding carboxylic acids is 1. The number of nitrogens with one attached hydrogen (secondary N) is 1. The van der Waals surface area contributed by atoms with E-state index < -0.39 is 0 Å². The zero-order chi connectivity index (χ0) is 20.3. The fourth-order valence-corrected chi connectivity index (χ4v) is 4.42. The van der Waals surface area contributed by atoms with E-state index in [2.05, 4.69) is 44.1 Å². The molecule has 0 spiro atoms. The lowest BCUT2D eigenvalue weighted by Crippen LogP contribution is -2.14. The summed E-state index contributed by atoms with van der Waals surface area (Å²) < 4.78 is 2.17. The van der Waals surface area contributed by atoms with Crippen LogP contribution in [0.1, 0.15) is 30.9 Å². The van der Waals surface area contributed by atoms with Crippen LogP contribution in [0.25, 0.3) is 0 Å². The molecule has 0 radical (unpaired) electrons. The van der Waals surface area contributed by atoms with Gasteiger partial charge >= 0.3 is 0 Å². The number of amides is 1. The first-order chi connectivity index (χ1) is 14.2. The van der Waals surface area contributed by atoms with Crippen LogP contribution < -0.4 is 5.32 Å². The number of anilines is 1. The predicted molar refractivity (Wildman–Crippen MR) is 120 cm³/mol. The third-order valence-electron chi connectivity index (χ3n) is 4.72. The van der Waals surface area contributed by atoms with Gasteiger partial charge in [-0.05, 0) is 66.8 Å². The van der Waals surface area contributed by atoms with E-state index in [1.807, 2.05) is 55.0 Å². The Morgan fingerprint density at radius 3 is 2.48 bits per heavy atom. The van der Waals surface area contributed by atoms with E-state index in [9.17, 15) is 4.79 Å². The van der Waals surface area contributed by atoms with Gasteiger partial charge in [-0.25, -0.2) is 4.98 Å². The molecule has 0 fully saturated rings. The van der Waals surface area contributed by atoms with E-state index in [0.717, 1.165) is 43.7 Å². The summed E-state index contributed by atoms with van der Waals surface area (Å²) in [6, 6.07) is 12.3. The lowest BCUT2D eigenvalue weighted by molar-refractivity contribution is -0.114. The van der Waals surface area contributed by atoms with Crippen LogP contribution in [-0.2, 0) is 24.2 Å². The summed E-state index contributed by atoms with van der Waals surface area (Å²) in [5.41, 5.74) is 3.50. The van der Waals surface area contributed by atoms with Crippen LogP contribution >= 0.6 is 11.8 Å². The maximum absolute atomic E-state index is 11.1. The average molecular weight is 409 g/mol. The molecule has 1 atom stereocenters. The second kappa shape index (κ2) is 11.4. The van der Waals surface area contributed by atoms with E-state index >= 15 is 0 Å². The van der Waals surface area contributed by atoms with Crippen molar-refractivity contribution in [2.75, 3.05) is 11.1 Å². The molecule has 3 aromatic rings. The first kappa shape index (κ1) is 21.1. The fourth-order valence-electron chi connectivity index (χ4n) is 3.22. The standard InChI is InChI=1S/C23H28N4OS/c1-19(28)26-22-7-4-20(5-8-22)3-2-16-29-23(17-27-15-14-25-18-27)9-6-21-10-12-24-13-11-21/h4-5,7-8,10-15,18,23H,2-3,6,9,16-17H2,1H3,(H,26,28). The number of aromatic nitrogens is 3. The van der Waals surface area contributed by atoms with Crippen LogP contribution in [0.15, 0.2) is 67.5 Å². The van der Waals surface area contributed by atoms with Gasteiger partial charge in [-0.3, -0.25) is 9.78 Å². The summed E-state index contributed by atoms with van der Waals surface area (Å²) in [4.78, 5) is 19.4. The van der Waals surface area contributed by atoms with Crippen LogP contribution in [0.2, 0.25) is 0 Å². The molecule has 0 aliphatic heterocycles. The number of hydrogen-bond acceptors (Lipinski definition) is 4. The van der Waals surface area contributed by atoms with Crippen LogP contribution in [0.3, 0.4) is 0 Å². The first-order valence-electron chi connectivity index (χ1n) is 10.0. The molecule has 0 saturated heterocycles. The number of nitrogens with zero attached hydrogens (tertiary/aromatic N) is 3. The molecule has 0 aliphatic rings. The number of thioether (sulfide) groups is 1. The monoisotopic (exact) mass is 408 g/mol. The molecular formula is C23H28N4OS. The molecule has 152 valence electrons. The molecule has 0 aliphatic carbocycles. The zero-order valence-electron chi connectivity index (χ0n) is 16.8. The molecule has 2 heterocycles. The third kappa shape index (κ3) is 7.74. The Labute approximate surface area is 177 Å². The molecule has 3 rings (SSSR count). The molecule has 1 aromatic carbocycles. The minimum Gasteiger partial charge on any atom is -0.336 e. The summed E-state index contributed by atoms with van der Waals surface area (Å²) in [7, 11) is 0. The van der Waals surface area contributed by atoms with Crippen LogP contribution in [0, 0.1) is 0 Å². The Balaban J connectivity index is 1.45. The van der Waals surface area contributed by atoms with Crippen molar-refractivity contribution in [3.05, 3.63) is 78.6 Å². The van der Waals surface area contributed by atoms with Crippen molar-refractivity contribution < 1.29 is 4.79 Å². The Morgan fingerprint density at radius 2 is 1.79 bits per heavy atom. The number of carbonyl (C=O) groups is 1. The van der Waals surface area contributed by atoms with Crippen LogP contribution in [-0.4, -0.2) is 31.4 Å². The van der Waals surface area contributed by atoms with Crippen molar-refractivity contribution in [3.8, 4) is 0 Å². The lowest BCUT2D eigenvalue weighted by Gasteiger charge is -2.17. The molecule has 0 bridgehead atoms. The third-order valence-corrected chi connectivity index (χ3v) is 6.10. The molecule has 1 unspecified atom stereocenters. The molecule has 1 N–H and O–H groups in total. The minimum atomic E-state index is -0.0372. The quantitative estimate of drug-likeness (QED) is 0.471. The SMILES string of the molecule is CC(=O)Nc1ccc(CCCSC(CCc2ccncc2)Cn2ccnc2)cc1. The summed E-state index contributed by atoms with van der Waals surface area (Å²) in [5, 5.41) is 3.36. The molecule has 29 heavy (non-hydrogen) atoms. The number of hydrogen-bond donors (Lipinski definition) is 1. The largest absolute Gasteiger partial charge is 0.336 e. The van der Waals surface area contributed by atoms with Crippen molar-refractivity contribution in [2.45, 2.75) is 44.4 Å². The zero-order valence-corrected chi connectivity index (χ0v) is 17.6.